The minimum Gasteiger partial charge on any atom is -0.483 e. The van der Waals surface area contributed by atoms with E-state index in [0.717, 1.165) is 12.2 Å². The fourth-order valence-corrected chi connectivity index (χ4v) is 1.29. The van der Waals surface area contributed by atoms with E-state index in [2.05, 4.69) is 5.32 Å². The number of nitro groups is 1. The number of aliphatic carboxylic acids is 1. The largest absolute Gasteiger partial charge is 0.483 e. The highest BCUT2D eigenvalue weighted by atomic mass is 16.6. The number of likely N-dealkylation sites (N-methyl/N-ethyl adjacent to an activating group) is 1. The van der Waals surface area contributed by atoms with Crippen molar-refractivity contribution in [1.82, 2.24) is 5.32 Å². The summed E-state index contributed by atoms with van der Waals surface area (Å²) in [6.07, 6.45) is 1.99. The molecule has 0 heterocycles. The molecule has 1 rings (SSSR count). The number of carbonyl (C=O) groups is 2. The summed E-state index contributed by atoms with van der Waals surface area (Å²) < 4.78 is 5.18. The number of hydrogen-bond acceptors (Lipinski definition) is 5. The van der Waals surface area contributed by atoms with Crippen LogP contribution in [0.5, 0.6) is 5.75 Å². The van der Waals surface area contributed by atoms with Gasteiger partial charge in [-0.15, -0.1) is 0 Å². The van der Waals surface area contributed by atoms with E-state index in [1.54, 1.807) is 0 Å². The van der Waals surface area contributed by atoms with Crippen molar-refractivity contribution in [1.29, 1.82) is 0 Å². The number of nitro benzene ring substituents is 1. The Balaban J connectivity index is 3.05. The molecular formula is C12H12N2O6. The summed E-state index contributed by atoms with van der Waals surface area (Å²) in [5, 5.41) is 21.6. The Labute approximate surface area is 113 Å². The van der Waals surface area contributed by atoms with Crippen LogP contribution in [0.4, 0.5) is 5.69 Å². The third-order valence-corrected chi connectivity index (χ3v) is 2.25. The van der Waals surface area contributed by atoms with Crippen molar-refractivity contribution in [3.63, 3.8) is 0 Å². The molecule has 0 saturated carbocycles. The quantitative estimate of drug-likeness (QED) is 0.452. The highest BCUT2D eigenvalue weighted by molar-refractivity contribution is 5.86. The maximum atomic E-state index is 11.1. The van der Waals surface area contributed by atoms with Crippen molar-refractivity contribution in [2.45, 2.75) is 0 Å². The van der Waals surface area contributed by atoms with Gasteiger partial charge in [0, 0.05) is 30.8 Å². The lowest BCUT2D eigenvalue weighted by atomic mass is 10.1. The number of ether oxygens (including phenoxy) is 1. The van der Waals surface area contributed by atoms with Crippen molar-refractivity contribution < 1.29 is 24.4 Å². The second kappa shape index (κ2) is 6.88. The summed E-state index contributed by atoms with van der Waals surface area (Å²) in [6.45, 7) is -0.276. The van der Waals surface area contributed by atoms with E-state index in [1.165, 1.54) is 25.2 Å². The van der Waals surface area contributed by atoms with Crippen LogP contribution in [-0.4, -0.2) is 35.6 Å². The maximum Gasteiger partial charge on any atom is 0.328 e. The molecule has 0 aliphatic rings. The highest BCUT2D eigenvalue weighted by Gasteiger charge is 2.11. The first-order valence-electron chi connectivity index (χ1n) is 5.47. The van der Waals surface area contributed by atoms with Crippen molar-refractivity contribution >= 4 is 23.6 Å². The molecule has 0 aliphatic heterocycles. The number of carboxylic acids is 1. The Kier molecular flexibility index (Phi) is 5.21. The van der Waals surface area contributed by atoms with E-state index < -0.39 is 10.9 Å². The molecule has 1 aromatic rings. The van der Waals surface area contributed by atoms with Crippen molar-refractivity contribution in [3.05, 3.63) is 40.0 Å². The van der Waals surface area contributed by atoms with E-state index in [-0.39, 0.29) is 29.5 Å². The second-order valence-electron chi connectivity index (χ2n) is 3.61. The molecule has 106 valence electrons. The van der Waals surface area contributed by atoms with Gasteiger partial charge < -0.3 is 15.2 Å². The molecule has 0 bridgehead atoms. The zero-order chi connectivity index (χ0) is 15.1. The van der Waals surface area contributed by atoms with Gasteiger partial charge in [0.15, 0.2) is 6.61 Å². The van der Waals surface area contributed by atoms with Gasteiger partial charge in [0.2, 0.25) is 0 Å². The molecular weight excluding hydrogens is 268 g/mol. The van der Waals surface area contributed by atoms with Gasteiger partial charge >= 0.3 is 5.97 Å². The molecule has 2 N–H and O–H groups in total. The number of carboxylic acid groups (broad SMARTS) is 1. The van der Waals surface area contributed by atoms with Crippen LogP contribution >= 0.6 is 0 Å². The molecule has 0 fully saturated rings. The standard InChI is InChI=1S/C12H12N2O6/c1-13-11(15)7-20-10-4-3-9(14(18)19)6-8(10)2-5-12(16)17/h2-6H,7H2,1H3,(H,13,15)(H,16,17)/b5-2+. The van der Waals surface area contributed by atoms with Crippen LogP contribution < -0.4 is 10.1 Å². The van der Waals surface area contributed by atoms with Crippen LogP contribution in [0.2, 0.25) is 0 Å². The fourth-order valence-electron chi connectivity index (χ4n) is 1.29. The predicted molar refractivity (Wildman–Crippen MR) is 69.3 cm³/mol. The van der Waals surface area contributed by atoms with Gasteiger partial charge in [0.1, 0.15) is 5.75 Å². The van der Waals surface area contributed by atoms with Crippen molar-refractivity contribution in [3.8, 4) is 5.75 Å². The van der Waals surface area contributed by atoms with E-state index in [4.69, 9.17) is 9.84 Å². The topological polar surface area (TPSA) is 119 Å². The normalized spacial score (nSPS) is 10.2. The van der Waals surface area contributed by atoms with Gasteiger partial charge in [-0.2, -0.15) is 0 Å². The molecule has 20 heavy (non-hydrogen) atoms. The highest BCUT2D eigenvalue weighted by Crippen LogP contribution is 2.25. The van der Waals surface area contributed by atoms with Crippen molar-refractivity contribution in [2.24, 2.45) is 0 Å². The summed E-state index contributed by atoms with van der Waals surface area (Å²) in [5.41, 5.74) is -0.00663. The Morgan fingerprint density at radius 2 is 2.20 bits per heavy atom. The summed E-state index contributed by atoms with van der Waals surface area (Å²) in [4.78, 5) is 31.6. The van der Waals surface area contributed by atoms with Gasteiger partial charge in [-0.3, -0.25) is 14.9 Å². The molecule has 8 heteroatoms. The monoisotopic (exact) mass is 280 g/mol. The lowest BCUT2D eigenvalue weighted by Crippen LogP contribution is -2.25. The van der Waals surface area contributed by atoms with Crippen LogP contribution in [-0.2, 0) is 9.59 Å². The number of rotatable bonds is 6. The number of non-ortho nitro benzene ring substituents is 1. The fraction of sp³-hybridized carbons (Fsp3) is 0.167. The van der Waals surface area contributed by atoms with E-state index in [0.29, 0.717) is 0 Å². The van der Waals surface area contributed by atoms with Gasteiger partial charge in [-0.05, 0) is 12.1 Å². The van der Waals surface area contributed by atoms with Gasteiger partial charge in [0.05, 0.1) is 4.92 Å². The summed E-state index contributed by atoms with van der Waals surface area (Å²) >= 11 is 0. The van der Waals surface area contributed by atoms with Gasteiger partial charge in [0.25, 0.3) is 11.6 Å². The Morgan fingerprint density at radius 3 is 2.75 bits per heavy atom. The van der Waals surface area contributed by atoms with E-state index >= 15 is 0 Å². The summed E-state index contributed by atoms with van der Waals surface area (Å²) in [6, 6.07) is 3.68. The molecule has 0 saturated heterocycles. The number of nitrogens with one attached hydrogen (secondary N) is 1. The molecule has 1 aromatic carbocycles. The first-order valence-corrected chi connectivity index (χ1v) is 5.47. The first kappa shape index (κ1) is 15.2. The van der Waals surface area contributed by atoms with Crippen LogP contribution in [0, 0.1) is 10.1 Å². The Morgan fingerprint density at radius 1 is 1.50 bits per heavy atom. The van der Waals surface area contributed by atoms with E-state index in [9.17, 15) is 19.7 Å². The van der Waals surface area contributed by atoms with Crippen LogP contribution in [0.15, 0.2) is 24.3 Å². The van der Waals surface area contributed by atoms with Gasteiger partial charge in [-0.1, -0.05) is 0 Å². The molecule has 0 atom stereocenters. The minimum atomic E-state index is -1.20. The Bertz CT molecular complexity index is 567. The van der Waals surface area contributed by atoms with Crippen LogP contribution in [0.25, 0.3) is 6.08 Å². The SMILES string of the molecule is CNC(=O)COc1ccc([N+](=O)[O-])cc1/C=C/C(=O)O. The molecule has 0 unspecified atom stereocenters. The number of amides is 1. The summed E-state index contributed by atoms with van der Waals surface area (Å²) in [5.74, 6) is -1.40. The van der Waals surface area contributed by atoms with Crippen LogP contribution in [0.1, 0.15) is 5.56 Å². The average Bonchev–Trinajstić information content (AvgIpc) is 2.42. The average molecular weight is 280 g/mol. The zero-order valence-electron chi connectivity index (χ0n) is 10.5. The maximum absolute atomic E-state index is 11.1. The number of nitrogens with zero attached hydrogens (tertiary/aromatic N) is 1. The molecule has 0 spiro atoms. The van der Waals surface area contributed by atoms with Crippen LogP contribution in [0.3, 0.4) is 0 Å². The lowest BCUT2D eigenvalue weighted by molar-refractivity contribution is -0.384. The number of hydrogen-bond donors (Lipinski definition) is 2. The molecule has 0 aromatic heterocycles. The smallest absolute Gasteiger partial charge is 0.328 e. The van der Waals surface area contributed by atoms with Crippen molar-refractivity contribution in [2.75, 3.05) is 13.7 Å². The third-order valence-electron chi connectivity index (χ3n) is 2.25. The lowest BCUT2D eigenvalue weighted by Gasteiger charge is -2.08. The second-order valence-corrected chi connectivity index (χ2v) is 3.61. The first-order chi connectivity index (χ1) is 9.43. The van der Waals surface area contributed by atoms with Gasteiger partial charge in [-0.25, -0.2) is 4.79 Å². The molecule has 8 nitrogen and oxygen atoms in total. The molecule has 0 aliphatic carbocycles. The number of benzene rings is 1. The van der Waals surface area contributed by atoms with E-state index in [1.807, 2.05) is 0 Å². The zero-order valence-corrected chi connectivity index (χ0v) is 10.5. The summed E-state index contributed by atoms with van der Waals surface area (Å²) in [7, 11) is 1.44. The molecule has 1 amide bonds. The number of carbonyl (C=O) groups excluding carboxylic acids is 1. The third kappa shape index (κ3) is 4.41. The predicted octanol–water partition coefficient (Wildman–Crippen LogP) is 0.817. The Hall–Kier alpha value is -2.90. The minimum absolute atomic E-state index is 0.178. The molecule has 0 radical (unpaired) electrons.